The summed E-state index contributed by atoms with van der Waals surface area (Å²) in [4.78, 5) is 3.79. The predicted molar refractivity (Wildman–Crippen MR) is 132 cm³/mol. The van der Waals surface area contributed by atoms with Crippen LogP contribution in [0.1, 0.15) is 40.7 Å². The molecule has 1 heterocycles. The molecule has 1 aliphatic carbocycles. The number of fused-ring (bicyclic) bond motifs is 5. The second-order valence-corrected chi connectivity index (χ2v) is 8.52. The lowest BCUT2D eigenvalue weighted by atomic mass is 9.88. The number of H-pyrrole nitrogens is 1. The summed E-state index contributed by atoms with van der Waals surface area (Å²) in [5, 5.41) is 2.68. The Morgan fingerprint density at radius 2 is 1.48 bits per heavy atom. The number of aromatic amines is 1. The highest BCUT2D eigenvalue weighted by Crippen LogP contribution is 2.38. The third kappa shape index (κ3) is 3.18. The fourth-order valence-corrected chi connectivity index (χ4v) is 5.14. The number of hydrogen-bond donors (Lipinski definition) is 1. The van der Waals surface area contributed by atoms with E-state index in [1.165, 1.54) is 80.9 Å². The van der Waals surface area contributed by atoms with Gasteiger partial charge in [-0.15, -0.1) is 0 Å². The largest absolute Gasteiger partial charge is 0.354 e. The lowest BCUT2D eigenvalue weighted by Crippen LogP contribution is -2.02. The fraction of sp³-hybridized carbons (Fsp3) is 0.133. The van der Waals surface area contributed by atoms with E-state index in [1.54, 1.807) is 0 Å². The van der Waals surface area contributed by atoms with Crippen LogP contribution in [0.4, 0.5) is 0 Å². The Kier molecular flexibility index (Phi) is 4.46. The molecule has 0 amide bonds. The van der Waals surface area contributed by atoms with Gasteiger partial charge in [-0.1, -0.05) is 84.9 Å². The quantitative estimate of drug-likeness (QED) is 0.298. The number of aromatic nitrogens is 1. The van der Waals surface area contributed by atoms with Crippen LogP contribution >= 0.6 is 0 Å². The number of rotatable bonds is 3. The molecular formula is C30H25N. The number of aryl methyl sites for hydroxylation is 2. The molecule has 1 aromatic heterocycles. The van der Waals surface area contributed by atoms with Crippen LogP contribution in [-0.4, -0.2) is 4.98 Å². The van der Waals surface area contributed by atoms with Crippen molar-refractivity contribution < 1.29 is 0 Å². The molecule has 1 nitrogen and oxygen atoms in total. The van der Waals surface area contributed by atoms with E-state index in [0.717, 1.165) is 0 Å². The fourth-order valence-electron chi connectivity index (χ4n) is 5.14. The lowest BCUT2D eigenvalue weighted by molar-refractivity contribution is 0.689. The average Bonchev–Trinajstić information content (AvgIpc) is 3.23. The Labute approximate surface area is 183 Å². The Hall–Kier alpha value is -3.58. The topological polar surface area (TPSA) is 15.8 Å². The molecule has 1 aliphatic rings. The van der Waals surface area contributed by atoms with Crippen molar-refractivity contribution in [2.75, 3.05) is 0 Å². The van der Waals surface area contributed by atoms with Crippen LogP contribution in [0.3, 0.4) is 0 Å². The molecule has 0 saturated carbocycles. The normalized spacial score (nSPS) is 14.1. The van der Waals surface area contributed by atoms with Crippen molar-refractivity contribution >= 4 is 33.5 Å². The van der Waals surface area contributed by atoms with Crippen LogP contribution in [0.2, 0.25) is 0 Å². The zero-order valence-electron chi connectivity index (χ0n) is 17.6. The van der Waals surface area contributed by atoms with Gasteiger partial charge in [0.25, 0.3) is 0 Å². The molecule has 0 bridgehead atoms. The first-order valence-electron chi connectivity index (χ1n) is 11.3. The van der Waals surface area contributed by atoms with Crippen molar-refractivity contribution in [2.45, 2.75) is 25.7 Å². The van der Waals surface area contributed by atoms with Crippen molar-refractivity contribution in [3.63, 3.8) is 0 Å². The summed E-state index contributed by atoms with van der Waals surface area (Å²) < 4.78 is 0. The zero-order chi connectivity index (χ0) is 20.6. The summed E-state index contributed by atoms with van der Waals surface area (Å²) in [5.41, 5.74) is 10.6. The molecule has 0 fully saturated rings. The van der Waals surface area contributed by atoms with E-state index in [9.17, 15) is 0 Å². The molecule has 0 saturated heterocycles. The molecule has 6 rings (SSSR count). The highest BCUT2D eigenvalue weighted by atomic mass is 14.7. The van der Waals surface area contributed by atoms with Gasteiger partial charge in [0.15, 0.2) is 0 Å². The predicted octanol–water partition coefficient (Wildman–Crippen LogP) is 7.79. The third-order valence-electron chi connectivity index (χ3n) is 6.61. The maximum Gasteiger partial charge on any atom is 0.0500 e. The molecule has 0 radical (unpaired) electrons. The lowest BCUT2D eigenvalue weighted by Gasteiger charge is -2.16. The van der Waals surface area contributed by atoms with E-state index in [-0.39, 0.29) is 0 Å². The maximum atomic E-state index is 3.79. The Bertz CT molecular complexity index is 1410. The standard InChI is InChI=1S/C30H25N/c1-3-10-21(11-4-1)20-27(22-12-5-2-6-13-22)25-16-9-17-28-29(25)26-19-18-23-14-7-8-15-24(23)30(26)31-28/h1-6,9-13,16-20,31H,7-8,14-15H2/b27-20+. The Balaban J connectivity index is 1.65. The molecule has 1 N–H and O–H groups in total. The van der Waals surface area contributed by atoms with Gasteiger partial charge in [-0.2, -0.15) is 0 Å². The number of nitrogens with one attached hydrogen (secondary N) is 1. The summed E-state index contributed by atoms with van der Waals surface area (Å²) >= 11 is 0. The Morgan fingerprint density at radius 1 is 0.710 bits per heavy atom. The van der Waals surface area contributed by atoms with E-state index in [1.807, 2.05) is 0 Å². The number of benzene rings is 4. The van der Waals surface area contributed by atoms with E-state index < -0.39 is 0 Å². The zero-order valence-corrected chi connectivity index (χ0v) is 17.6. The molecule has 0 unspecified atom stereocenters. The molecule has 0 aliphatic heterocycles. The minimum Gasteiger partial charge on any atom is -0.354 e. The van der Waals surface area contributed by atoms with Gasteiger partial charge in [0.05, 0.1) is 0 Å². The summed E-state index contributed by atoms with van der Waals surface area (Å²) in [6.45, 7) is 0. The summed E-state index contributed by atoms with van der Waals surface area (Å²) in [6, 6.07) is 32.8. The smallest absolute Gasteiger partial charge is 0.0500 e. The van der Waals surface area contributed by atoms with Crippen LogP contribution in [0, 0.1) is 0 Å². The van der Waals surface area contributed by atoms with Crippen LogP contribution in [0.25, 0.3) is 33.5 Å². The molecule has 31 heavy (non-hydrogen) atoms. The van der Waals surface area contributed by atoms with E-state index in [0.29, 0.717) is 0 Å². The van der Waals surface area contributed by atoms with Crippen molar-refractivity contribution in [1.82, 2.24) is 4.98 Å². The molecule has 5 aromatic rings. The third-order valence-corrected chi connectivity index (χ3v) is 6.61. The second kappa shape index (κ2) is 7.59. The van der Waals surface area contributed by atoms with E-state index in [4.69, 9.17) is 0 Å². The van der Waals surface area contributed by atoms with E-state index >= 15 is 0 Å². The van der Waals surface area contributed by atoms with Gasteiger partial charge in [0, 0.05) is 21.8 Å². The SMILES string of the molecule is C(=C(/c1ccccc1)c1cccc2[nH]c3c4c(ccc3c12)CCCC4)/c1ccccc1. The molecule has 1 heteroatoms. The highest BCUT2D eigenvalue weighted by Gasteiger charge is 2.18. The molecule has 4 aromatic carbocycles. The minimum atomic E-state index is 1.18. The van der Waals surface area contributed by atoms with Crippen LogP contribution in [0.5, 0.6) is 0 Å². The van der Waals surface area contributed by atoms with Crippen molar-refractivity contribution in [3.8, 4) is 0 Å². The highest BCUT2D eigenvalue weighted by molar-refractivity contribution is 6.15. The molecule has 0 spiro atoms. The van der Waals surface area contributed by atoms with Gasteiger partial charge in [-0.3, -0.25) is 0 Å². The molecular weight excluding hydrogens is 374 g/mol. The van der Waals surface area contributed by atoms with Gasteiger partial charge in [0.2, 0.25) is 0 Å². The van der Waals surface area contributed by atoms with E-state index in [2.05, 4.69) is 102 Å². The van der Waals surface area contributed by atoms with Crippen LogP contribution < -0.4 is 0 Å². The van der Waals surface area contributed by atoms with Crippen LogP contribution in [-0.2, 0) is 12.8 Å². The van der Waals surface area contributed by atoms with Gasteiger partial charge >= 0.3 is 0 Å². The second-order valence-electron chi connectivity index (χ2n) is 8.52. The summed E-state index contributed by atoms with van der Waals surface area (Å²) in [5.74, 6) is 0. The van der Waals surface area contributed by atoms with Gasteiger partial charge in [-0.25, -0.2) is 0 Å². The van der Waals surface area contributed by atoms with Crippen molar-refractivity contribution in [1.29, 1.82) is 0 Å². The van der Waals surface area contributed by atoms with Gasteiger partial charge < -0.3 is 4.98 Å². The molecule has 0 atom stereocenters. The Morgan fingerprint density at radius 3 is 2.32 bits per heavy atom. The van der Waals surface area contributed by atoms with Crippen molar-refractivity contribution in [2.24, 2.45) is 0 Å². The summed E-state index contributed by atoms with van der Waals surface area (Å²) in [7, 11) is 0. The van der Waals surface area contributed by atoms with Crippen molar-refractivity contribution in [3.05, 3.63) is 119 Å². The van der Waals surface area contributed by atoms with Gasteiger partial charge in [0.1, 0.15) is 0 Å². The van der Waals surface area contributed by atoms with Gasteiger partial charge in [-0.05, 0) is 71.2 Å². The first-order chi connectivity index (χ1) is 15.4. The minimum absolute atomic E-state index is 1.18. The average molecular weight is 400 g/mol. The molecule has 150 valence electrons. The maximum absolute atomic E-state index is 3.79. The number of hydrogen-bond acceptors (Lipinski definition) is 0. The first kappa shape index (κ1) is 18.2. The summed E-state index contributed by atoms with van der Waals surface area (Å²) in [6.07, 6.45) is 7.30. The van der Waals surface area contributed by atoms with Crippen LogP contribution in [0.15, 0.2) is 91.0 Å². The first-order valence-corrected chi connectivity index (χ1v) is 11.3. The monoisotopic (exact) mass is 399 g/mol.